The molecule has 0 saturated heterocycles. The second-order valence-corrected chi connectivity index (χ2v) is 5.42. The van der Waals surface area contributed by atoms with Crippen LogP contribution in [-0.4, -0.2) is 22.9 Å². The standard InChI is InChI=1S/C13H22ClN3/c1-11-13(14)10-16-17(11)8-7-15-9-12-5-3-2-4-6-12/h10,12,15H,2-9H2,1H3. The summed E-state index contributed by atoms with van der Waals surface area (Å²) in [5.41, 5.74) is 1.06. The molecule has 1 aromatic rings. The van der Waals surface area contributed by atoms with Crippen LogP contribution in [-0.2, 0) is 6.54 Å². The van der Waals surface area contributed by atoms with Gasteiger partial charge < -0.3 is 5.32 Å². The Hall–Kier alpha value is -0.540. The van der Waals surface area contributed by atoms with Crippen molar-refractivity contribution in [3.8, 4) is 0 Å². The fourth-order valence-corrected chi connectivity index (χ4v) is 2.67. The summed E-state index contributed by atoms with van der Waals surface area (Å²) in [7, 11) is 0. The maximum atomic E-state index is 5.96. The van der Waals surface area contributed by atoms with E-state index in [1.807, 2.05) is 11.6 Å². The van der Waals surface area contributed by atoms with Gasteiger partial charge in [-0.05, 0) is 32.2 Å². The summed E-state index contributed by atoms with van der Waals surface area (Å²) in [6.07, 6.45) is 8.79. The lowest BCUT2D eigenvalue weighted by atomic mass is 9.89. The van der Waals surface area contributed by atoms with E-state index in [0.717, 1.165) is 36.3 Å². The van der Waals surface area contributed by atoms with Gasteiger partial charge in [-0.25, -0.2) is 0 Å². The molecule has 1 heterocycles. The highest BCUT2D eigenvalue weighted by molar-refractivity contribution is 6.31. The smallest absolute Gasteiger partial charge is 0.0814 e. The average molecular weight is 256 g/mol. The van der Waals surface area contributed by atoms with Gasteiger partial charge in [0.2, 0.25) is 0 Å². The summed E-state index contributed by atoms with van der Waals surface area (Å²) in [6.45, 7) is 5.06. The van der Waals surface area contributed by atoms with Gasteiger partial charge in [-0.15, -0.1) is 0 Å². The van der Waals surface area contributed by atoms with Crippen LogP contribution in [0.15, 0.2) is 6.20 Å². The van der Waals surface area contributed by atoms with Crippen LogP contribution >= 0.6 is 11.6 Å². The molecule has 1 aromatic heterocycles. The molecule has 0 spiro atoms. The quantitative estimate of drug-likeness (QED) is 0.820. The van der Waals surface area contributed by atoms with Crippen LogP contribution in [0, 0.1) is 12.8 Å². The molecule has 0 aromatic carbocycles. The molecule has 17 heavy (non-hydrogen) atoms. The van der Waals surface area contributed by atoms with E-state index >= 15 is 0 Å². The van der Waals surface area contributed by atoms with E-state index < -0.39 is 0 Å². The minimum absolute atomic E-state index is 0.761. The van der Waals surface area contributed by atoms with Crippen molar-refractivity contribution >= 4 is 11.6 Å². The topological polar surface area (TPSA) is 29.9 Å². The van der Waals surface area contributed by atoms with Crippen molar-refractivity contribution in [2.45, 2.75) is 45.6 Å². The first-order valence-corrected chi connectivity index (χ1v) is 7.04. The zero-order valence-electron chi connectivity index (χ0n) is 10.6. The molecule has 0 radical (unpaired) electrons. The van der Waals surface area contributed by atoms with Gasteiger partial charge in [-0.2, -0.15) is 5.10 Å². The fourth-order valence-electron chi connectivity index (χ4n) is 2.53. The molecule has 1 fully saturated rings. The van der Waals surface area contributed by atoms with Crippen molar-refractivity contribution in [2.75, 3.05) is 13.1 Å². The number of nitrogens with zero attached hydrogens (tertiary/aromatic N) is 2. The Morgan fingerprint density at radius 3 is 2.82 bits per heavy atom. The Kier molecular flexibility index (Phi) is 4.86. The molecule has 0 bridgehead atoms. The Morgan fingerprint density at radius 2 is 2.18 bits per heavy atom. The Balaban J connectivity index is 1.64. The van der Waals surface area contributed by atoms with E-state index in [1.165, 1.54) is 32.1 Å². The van der Waals surface area contributed by atoms with Gasteiger partial charge in [0.05, 0.1) is 23.5 Å². The largest absolute Gasteiger partial charge is 0.315 e. The summed E-state index contributed by atoms with van der Waals surface area (Å²) in [4.78, 5) is 0. The zero-order chi connectivity index (χ0) is 12.1. The van der Waals surface area contributed by atoms with Gasteiger partial charge in [-0.1, -0.05) is 30.9 Å². The third kappa shape index (κ3) is 3.71. The molecule has 1 aliphatic rings. The third-order valence-corrected chi connectivity index (χ3v) is 4.07. The lowest BCUT2D eigenvalue weighted by Gasteiger charge is -2.21. The van der Waals surface area contributed by atoms with Crippen molar-refractivity contribution in [2.24, 2.45) is 5.92 Å². The highest BCUT2D eigenvalue weighted by Crippen LogP contribution is 2.22. The second-order valence-electron chi connectivity index (χ2n) is 5.01. The predicted molar refractivity (Wildman–Crippen MR) is 71.4 cm³/mol. The third-order valence-electron chi connectivity index (χ3n) is 3.70. The molecule has 2 rings (SSSR count). The van der Waals surface area contributed by atoms with Crippen molar-refractivity contribution in [3.05, 3.63) is 16.9 Å². The molecule has 0 atom stereocenters. The van der Waals surface area contributed by atoms with E-state index in [-0.39, 0.29) is 0 Å². The van der Waals surface area contributed by atoms with Crippen LogP contribution in [0.1, 0.15) is 37.8 Å². The van der Waals surface area contributed by atoms with Crippen LogP contribution < -0.4 is 5.32 Å². The minimum Gasteiger partial charge on any atom is -0.315 e. The number of nitrogens with one attached hydrogen (secondary N) is 1. The lowest BCUT2D eigenvalue weighted by molar-refractivity contribution is 0.339. The van der Waals surface area contributed by atoms with Gasteiger partial charge in [0, 0.05) is 6.54 Å². The van der Waals surface area contributed by atoms with Crippen molar-refractivity contribution in [1.82, 2.24) is 15.1 Å². The summed E-state index contributed by atoms with van der Waals surface area (Å²) >= 11 is 5.96. The maximum Gasteiger partial charge on any atom is 0.0814 e. The highest BCUT2D eigenvalue weighted by atomic mass is 35.5. The molecule has 96 valence electrons. The van der Waals surface area contributed by atoms with Gasteiger partial charge in [0.1, 0.15) is 0 Å². The number of hydrogen-bond donors (Lipinski definition) is 1. The van der Waals surface area contributed by atoms with Gasteiger partial charge >= 0.3 is 0 Å². The summed E-state index contributed by atoms with van der Waals surface area (Å²) in [6, 6.07) is 0. The number of rotatable bonds is 5. The fraction of sp³-hybridized carbons (Fsp3) is 0.769. The number of halogens is 1. The Morgan fingerprint density at radius 1 is 1.41 bits per heavy atom. The van der Waals surface area contributed by atoms with Crippen LogP contribution in [0.4, 0.5) is 0 Å². The predicted octanol–water partition coefficient (Wildman–Crippen LogP) is 3.01. The van der Waals surface area contributed by atoms with Crippen LogP contribution in [0.3, 0.4) is 0 Å². The molecule has 1 saturated carbocycles. The molecule has 0 unspecified atom stereocenters. The first-order valence-electron chi connectivity index (χ1n) is 6.66. The first-order chi connectivity index (χ1) is 8.27. The Bertz CT molecular complexity index is 342. The van der Waals surface area contributed by atoms with Gasteiger partial charge in [-0.3, -0.25) is 4.68 Å². The minimum atomic E-state index is 0.761. The van der Waals surface area contributed by atoms with E-state index in [9.17, 15) is 0 Å². The highest BCUT2D eigenvalue weighted by Gasteiger charge is 2.12. The molecule has 0 amide bonds. The van der Waals surface area contributed by atoms with E-state index in [2.05, 4.69) is 10.4 Å². The normalized spacial score (nSPS) is 17.5. The molecular weight excluding hydrogens is 234 g/mol. The van der Waals surface area contributed by atoms with Crippen LogP contribution in [0.5, 0.6) is 0 Å². The van der Waals surface area contributed by atoms with Crippen molar-refractivity contribution in [3.63, 3.8) is 0 Å². The molecule has 1 aliphatic carbocycles. The maximum absolute atomic E-state index is 5.96. The number of hydrogen-bond acceptors (Lipinski definition) is 2. The molecular formula is C13H22ClN3. The SMILES string of the molecule is Cc1c(Cl)cnn1CCNCC1CCCCC1. The first kappa shape index (κ1) is 12.9. The molecule has 0 aliphatic heterocycles. The monoisotopic (exact) mass is 255 g/mol. The Labute approximate surface area is 109 Å². The molecule has 1 N–H and O–H groups in total. The average Bonchev–Trinajstić information content (AvgIpc) is 2.67. The second kappa shape index (κ2) is 6.41. The van der Waals surface area contributed by atoms with E-state index in [4.69, 9.17) is 11.6 Å². The van der Waals surface area contributed by atoms with Gasteiger partial charge in [0.25, 0.3) is 0 Å². The van der Waals surface area contributed by atoms with E-state index in [1.54, 1.807) is 6.20 Å². The lowest BCUT2D eigenvalue weighted by Crippen LogP contribution is -2.27. The summed E-state index contributed by atoms with van der Waals surface area (Å²) in [5, 5.41) is 8.54. The van der Waals surface area contributed by atoms with E-state index in [0.29, 0.717) is 0 Å². The summed E-state index contributed by atoms with van der Waals surface area (Å²) in [5.74, 6) is 0.894. The summed E-state index contributed by atoms with van der Waals surface area (Å²) < 4.78 is 1.97. The zero-order valence-corrected chi connectivity index (χ0v) is 11.3. The van der Waals surface area contributed by atoms with Crippen molar-refractivity contribution < 1.29 is 0 Å². The van der Waals surface area contributed by atoms with Crippen LogP contribution in [0.2, 0.25) is 5.02 Å². The van der Waals surface area contributed by atoms with Crippen molar-refractivity contribution in [1.29, 1.82) is 0 Å². The molecule has 3 nitrogen and oxygen atoms in total. The van der Waals surface area contributed by atoms with Gasteiger partial charge in [0.15, 0.2) is 0 Å². The molecule has 4 heteroatoms. The van der Waals surface area contributed by atoms with Crippen LogP contribution in [0.25, 0.3) is 0 Å². The number of aromatic nitrogens is 2.